The molecule has 1 atom stereocenters. The van der Waals surface area contributed by atoms with Crippen LogP contribution in [0.5, 0.6) is 5.75 Å². The van der Waals surface area contributed by atoms with Gasteiger partial charge in [0.15, 0.2) is 0 Å². The molecule has 1 unspecified atom stereocenters. The van der Waals surface area contributed by atoms with Crippen LogP contribution in [0.2, 0.25) is 0 Å². The van der Waals surface area contributed by atoms with Crippen molar-refractivity contribution in [3.63, 3.8) is 0 Å². The highest BCUT2D eigenvalue weighted by Gasteiger charge is 2.15. The molecule has 0 saturated carbocycles. The monoisotopic (exact) mass is 207 g/mol. The van der Waals surface area contributed by atoms with Crippen LogP contribution >= 0.6 is 0 Å². The zero-order chi connectivity index (χ0) is 10.5. The maximum Gasteiger partial charge on any atom is 0.119 e. The zero-order valence-corrected chi connectivity index (χ0v) is 8.82. The number of hydrogen-bond acceptors (Lipinski definition) is 3. The van der Waals surface area contributed by atoms with Gasteiger partial charge < -0.3 is 15.2 Å². The van der Waals surface area contributed by atoms with Crippen LogP contribution in [0.4, 0.5) is 0 Å². The summed E-state index contributed by atoms with van der Waals surface area (Å²) < 4.78 is 11.0. The maximum atomic E-state index is 5.70. The Bertz CT molecular complexity index is 308. The molecule has 1 aromatic carbocycles. The number of benzene rings is 1. The normalized spacial score (nSPS) is 20.5. The first kappa shape index (κ1) is 10.5. The van der Waals surface area contributed by atoms with Gasteiger partial charge in [-0.2, -0.15) is 0 Å². The quantitative estimate of drug-likeness (QED) is 0.815. The Morgan fingerprint density at radius 2 is 2.40 bits per heavy atom. The lowest BCUT2D eigenvalue weighted by Crippen LogP contribution is -2.11. The molecule has 1 aliphatic heterocycles. The van der Waals surface area contributed by atoms with Crippen molar-refractivity contribution in [1.82, 2.24) is 0 Å². The molecule has 82 valence electrons. The topological polar surface area (TPSA) is 44.5 Å². The van der Waals surface area contributed by atoms with Crippen LogP contribution in [-0.4, -0.2) is 19.8 Å². The van der Waals surface area contributed by atoms with E-state index in [9.17, 15) is 0 Å². The third kappa shape index (κ3) is 2.94. The summed E-state index contributed by atoms with van der Waals surface area (Å²) in [6, 6.07) is 7.94. The van der Waals surface area contributed by atoms with Gasteiger partial charge in [0.25, 0.3) is 0 Å². The predicted octanol–water partition coefficient (Wildman–Crippen LogP) is 1.56. The highest BCUT2D eigenvalue weighted by atomic mass is 16.5. The lowest BCUT2D eigenvalue weighted by atomic mass is 10.1. The third-order valence-corrected chi connectivity index (χ3v) is 2.64. The third-order valence-electron chi connectivity index (χ3n) is 2.64. The summed E-state index contributed by atoms with van der Waals surface area (Å²) in [4.78, 5) is 0. The van der Waals surface area contributed by atoms with Crippen LogP contribution in [0.25, 0.3) is 0 Å². The van der Waals surface area contributed by atoms with Gasteiger partial charge in [0.05, 0.1) is 13.2 Å². The fourth-order valence-corrected chi connectivity index (χ4v) is 1.69. The molecule has 1 aliphatic rings. The van der Waals surface area contributed by atoms with Crippen molar-refractivity contribution in [3.8, 4) is 5.75 Å². The molecule has 0 spiro atoms. The van der Waals surface area contributed by atoms with Gasteiger partial charge in [0.2, 0.25) is 0 Å². The van der Waals surface area contributed by atoms with Crippen LogP contribution in [-0.2, 0) is 11.3 Å². The number of ether oxygens (including phenoxy) is 2. The maximum absolute atomic E-state index is 5.70. The molecule has 0 radical (unpaired) electrons. The van der Waals surface area contributed by atoms with E-state index >= 15 is 0 Å². The van der Waals surface area contributed by atoms with E-state index in [0.717, 1.165) is 37.6 Å². The Kier molecular flexibility index (Phi) is 3.59. The van der Waals surface area contributed by atoms with Crippen LogP contribution in [0.1, 0.15) is 12.0 Å². The molecule has 2 rings (SSSR count). The van der Waals surface area contributed by atoms with Crippen molar-refractivity contribution in [3.05, 3.63) is 29.8 Å². The molecule has 15 heavy (non-hydrogen) atoms. The molecule has 0 aliphatic carbocycles. The van der Waals surface area contributed by atoms with Gasteiger partial charge in [-0.25, -0.2) is 0 Å². The predicted molar refractivity (Wildman–Crippen MR) is 58.8 cm³/mol. The van der Waals surface area contributed by atoms with Crippen molar-refractivity contribution in [1.29, 1.82) is 0 Å². The van der Waals surface area contributed by atoms with Crippen molar-refractivity contribution in [2.24, 2.45) is 11.7 Å². The molecule has 0 bridgehead atoms. The van der Waals surface area contributed by atoms with Crippen LogP contribution in [0.3, 0.4) is 0 Å². The average molecular weight is 207 g/mol. The Balaban J connectivity index is 1.86. The molecule has 1 saturated heterocycles. The summed E-state index contributed by atoms with van der Waals surface area (Å²) in [5, 5.41) is 0. The minimum atomic E-state index is 0.548. The van der Waals surface area contributed by atoms with Gasteiger partial charge in [0, 0.05) is 19.1 Å². The summed E-state index contributed by atoms with van der Waals surface area (Å²) >= 11 is 0. The van der Waals surface area contributed by atoms with Gasteiger partial charge in [-0.15, -0.1) is 0 Å². The molecule has 1 heterocycles. The fraction of sp³-hybridized carbons (Fsp3) is 0.500. The van der Waals surface area contributed by atoms with E-state index < -0.39 is 0 Å². The first-order valence-electron chi connectivity index (χ1n) is 5.38. The molecule has 3 heteroatoms. The van der Waals surface area contributed by atoms with Gasteiger partial charge in [-0.3, -0.25) is 0 Å². The molecule has 0 amide bonds. The second kappa shape index (κ2) is 5.14. The van der Waals surface area contributed by atoms with E-state index in [4.69, 9.17) is 15.2 Å². The Labute approximate surface area is 90.2 Å². The van der Waals surface area contributed by atoms with Gasteiger partial charge in [-0.1, -0.05) is 12.1 Å². The highest BCUT2D eigenvalue weighted by molar-refractivity contribution is 5.28. The molecule has 0 aromatic heterocycles. The second-order valence-electron chi connectivity index (χ2n) is 3.89. The summed E-state index contributed by atoms with van der Waals surface area (Å²) in [7, 11) is 0. The molecule has 3 nitrogen and oxygen atoms in total. The van der Waals surface area contributed by atoms with E-state index in [1.807, 2.05) is 24.3 Å². The van der Waals surface area contributed by atoms with Gasteiger partial charge in [-0.05, 0) is 24.1 Å². The summed E-state index contributed by atoms with van der Waals surface area (Å²) in [6.45, 7) is 3.01. The fourth-order valence-electron chi connectivity index (χ4n) is 1.69. The Morgan fingerprint density at radius 3 is 3.13 bits per heavy atom. The van der Waals surface area contributed by atoms with E-state index in [2.05, 4.69) is 0 Å². The molecular weight excluding hydrogens is 190 g/mol. The van der Waals surface area contributed by atoms with Crippen molar-refractivity contribution in [2.75, 3.05) is 19.8 Å². The van der Waals surface area contributed by atoms with Gasteiger partial charge >= 0.3 is 0 Å². The van der Waals surface area contributed by atoms with Crippen LogP contribution < -0.4 is 10.5 Å². The summed E-state index contributed by atoms with van der Waals surface area (Å²) in [5.74, 6) is 1.45. The van der Waals surface area contributed by atoms with E-state index in [1.54, 1.807) is 0 Å². The minimum absolute atomic E-state index is 0.548. The lowest BCUT2D eigenvalue weighted by Gasteiger charge is -2.10. The second-order valence-corrected chi connectivity index (χ2v) is 3.89. The summed E-state index contributed by atoms with van der Waals surface area (Å²) in [5.41, 5.74) is 6.67. The average Bonchev–Trinajstić information content (AvgIpc) is 2.79. The van der Waals surface area contributed by atoms with Crippen LogP contribution in [0, 0.1) is 5.92 Å². The van der Waals surface area contributed by atoms with Crippen molar-refractivity contribution in [2.45, 2.75) is 13.0 Å². The number of rotatable bonds is 4. The first-order valence-corrected chi connectivity index (χ1v) is 5.38. The minimum Gasteiger partial charge on any atom is -0.493 e. The Morgan fingerprint density at radius 1 is 1.47 bits per heavy atom. The SMILES string of the molecule is NCc1cccc(OCC2CCOC2)c1. The number of hydrogen-bond donors (Lipinski definition) is 1. The Hall–Kier alpha value is -1.06. The molecule has 1 aromatic rings. The summed E-state index contributed by atoms with van der Waals surface area (Å²) in [6.07, 6.45) is 1.11. The van der Waals surface area contributed by atoms with Crippen LogP contribution in [0.15, 0.2) is 24.3 Å². The molecular formula is C12H17NO2. The van der Waals surface area contributed by atoms with Crippen molar-refractivity contribution >= 4 is 0 Å². The smallest absolute Gasteiger partial charge is 0.119 e. The van der Waals surface area contributed by atoms with E-state index in [0.29, 0.717) is 12.5 Å². The van der Waals surface area contributed by atoms with Crippen molar-refractivity contribution < 1.29 is 9.47 Å². The zero-order valence-electron chi connectivity index (χ0n) is 8.82. The first-order chi connectivity index (χ1) is 7.38. The molecule has 2 N–H and O–H groups in total. The highest BCUT2D eigenvalue weighted by Crippen LogP contribution is 2.17. The van der Waals surface area contributed by atoms with Gasteiger partial charge in [0.1, 0.15) is 5.75 Å². The standard InChI is InChI=1S/C12H17NO2/c13-7-10-2-1-3-12(6-10)15-9-11-4-5-14-8-11/h1-3,6,11H,4-5,7-9,13H2. The lowest BCUT2D eigenvalue weighted by molar-refractivity contribution is 0.167. The molecule has 1 fully saturated rings. The van der Waals surface area contributed by atoms with E-state index in [1.165, 1.54) is 0 Å². The van der Waals surface area contributed by atoms with E-state index in [-0.39, 0.29) is 0 Å². The largest absolute Gasteiger partial charge is 0.493 e. The number of nitrogens with two attached hydrogens (primary N) is 1.